The average molecular weight is 396 g/mol. The molecule has 0 bridgehead atoms. The van der Waals surface area contributed by atoms with E-state index in [1.165, 1.54) is 12.1 Å². The van der Waals surface area contributed by atoms with Crippen molar-refractivity contribution in [1.82, 2.24) is 10.1 Å². The third-order valence-electron chi connectivity index (χ3n) is 4.15. The van der Waals surface area contributed by atoms with Crippen LogP contribution in [0.15, 0.2) is 33.3 Å². The van der Waals surface area contributed by atoms with Crippen LogP contribution in [0.5, 0.6) is 0 Å². The number of halogens is 2. The quantitative estimate of drug-likeness (QED) is 0.788. The van der Waals surface area contributed by atoms with Crippen LogP contribution in [0, 0.1) is 5.82 Å². The number of carbonyl (C=O) groups excluding carboxylic acids is 1. The van der Waals surface area contributed by atoms with Gasteiger partial charge in [-0.3, -0.25) is 0 Å². The summed E-state index contributed by atoms with van der Waals surface area (Å²) in [5, 5.41) is 6.70. The van der Waals surface area contributed by atoms with E-state index in [-0.39, 0.29) is 23.7 Å². The molecule has 0 spiro atoms. The van der Waals surface area contributed by atoms with E-state index in [0.29, 0.717) is 16.8 Å². The molecule has 2 aromatic rings. The van der Waals surface area contributed by atoms with Gasteiger partial charge in [0.2, 0.25) is 0 Å². The first-order chi connectivity index (χ1) is 11.5. The predicted octanol–water partition coefficient (Wildman–Crippen LogP) is 5.07. The summed E-state index contributed by atoms with van der Waals surface area (Å²) in [5.41, 5.74) is 1.03. The minimum Gasteiger partial charge on any atom is -0.359 e. The highest BCUT2D eigenvalue weighted by Crippen LogP contribution is 2.34. The van der Waals surface area contributed by atoms with Gasteiger partial charge >= 0.3 is 6.03 Å². The van der Waals surface area contributed by atoms with Gasteiger partial charge in [0.15, 0.2) is 5.76 Å². The SMILES string of the molecule is CC(C)c1cc([C@H]2CCCN2C(=O)Nc2ccc(Br)cc2F)on1. The third kappa shape index (κ3) is 3.45. The summed E-state index contributed by atoms with van der Waals surface area (Å²) in [6.07, 6.45) is 1.68. The molecule has 2 heterocycles. The van der Waals surface area contributed by atoms with E-state index in [9.17, 15) is 9.18 Å². The van der Waals surface area contributed by atoms with Crippen LogP contribution in [-0.4, -0.2) is 22.6 Å². The molecule has 0 radical (unpaired) electrons. The molecule has 1 N–H and O–H groups in total. The molecule has 1 saturated heterocycles. The summed E-state index contributed by atoms with van der Waals surface area (Å²) >= 11 is 3.20. The minimum atomic E-state index is -0.477. The molecule has 1 aliphatic heterocycles. The smallest absolute Gasteiger partial charge is 0.322 e. The van der Waals surface area contributed by atoms with Gasteiger partial charge in [-0.05, 0) is 37.0 Å². The molecule has 1 fully saturated rings. The van der Waals surface area contributed by atoms with Crippen LogP contribution in [0.3, 0.4) is 0 Å². The summed E-state index contributed by atoms with van der Waals surface area (Å²) in [7, 11) is 0. The highest BCUT2D eigenvalue weighted by atomic mass is 79.9. The van der Waals surface area contributed by atoms with Crippen LogP contribution in [-0.2, 0) is 0 Å². The summed E-state index contributed by atoms with van der Waals surface area (Å²) in [4.78, 5) is 14.2. The van der Waals surface area contributed by atoms with E-state index in [1.54, 1.807) is 11.0 Å². The maximum atomic E-state index is 13.9. The molecule has 1 aromatic carbocycles. The van der Waals surface area contributed by atoms with Gasteiger partial charge in [-0.2, -0.15) is 0 Å². The molecule has 1 aromatic heterocycles. The van der Waals surface area contributed by atoms with Gasteiger partial charge in [0.1, 0.15) is 5.82 Å². The number of hydrogen-bond acceptors (Lipinski definition) is 3. The number of aromatic nitrogens is 1. The van der Waals surface area contributed by atoms with Gasteiger partial charge in [0, 0.05) is 17.1 Å². The maximum absolute atomic E-state index is 13.9. The zero-order valence-electron chi connectivity index (χ0n) is 13.6. The number of likely N-dealkylation sites (tertiary alicyclic amines) is 1. The van der Waals surface area contributed by atoms with Gasteiger partial charge in [-0.1, -0.05) is 34.9 Å². The van der Waals surface area contributed by atoms with Crippen LogP contribution in [0.2, 0.25) is 0 Å². The van der Waals surface area contributed by atoms with E-state index >= 15 is 0 Å². The molecule has 3 rings (SSSR count). The van der Waals surface area contributed by atoms with Crippen molar-refractivity contribution in [1.29, 1.82) is 0 Å². The molecule has 1 atom stereocenters. The second kappa shape index (κ2) is 6.93. The highest BCUT2D eigenvalue weighted by molar-refractivity contribution is 9.10. The Balaban J connectivity index is 1.75. The predicted molar refractivity (Wildman–Crippen MR) is 92.4 cm³/mol. The number of amides is 2. The van der Waals surface area contributed by atoms with Gasteiger partial charge in [-0.15, -0.1) is 0 Å². The van der Waals surface area contributed by atoms with Crippen molar-refractivity contribution in [3.05, 3.63) is 46.0 Å². The number of urea groups is 1. The molecule has 1 aliphatic rings. The molecule has 0 unspecified atom stereocenters. The van der Waals surface area contributed by atoms with E-state index in [4.69, 9.17) is 4.52 Å². The van der Waals surface area contributed by atoms with E-state index in [2.05, 4.69) is 26.4 Å². The molecule has 2 amide bonds. The second-order valence-electron chi connectivity index (χ2n) is 6.21. The van der Waals surface area contributed by atoms with Crippen molar-refractivity contribution < 1.29 is 13.7 Å². The Kier molecular flexibility index (Phi) is 4.89. The van der Waals surface area contributed by atoms with Crippen molar-refractivity contribution in [2.24, 2.45) is 0 Å². The second-order valence-corrected chi connectivity index (χ2v) is 7.13. The van der Waals surface area contributed by atoms with Crippen molar-refractivity contribution >= 4 is 27.6 Å². The summed E-state index contributed by atoms with van der Waals surface area (Å²) in [5.74, 6) is 0.473. The van der Waals surface area contributed by atoms with E-state index < -0.39 is 5.82 Å². The number of carbonyl (C=O) groups is 1. The lowest BCUT2D eigenvalue weighted by atomic mass is 10.1. The van der Waals surface area contributed by atoms with Crippen molar-refractivity contribution in [3.63, 3.8) is 0 Å². The minimum absolute atomic E-state index is 0.161. The standard InChI is InChI=1S/C17H19BrFN3O2/c1-10(2)14-9-16(24-21-14)15-4-3-7-22(15)17(23)20-13-6-5-11(18)8-12(13)19/h5-6,8-10,15H,3-4,7H2,1-2H3,(H,20,23)/t15-/m1/s1. The first-order valence-corrected chi connectivity index (χ1v) is 8.74. The normalized spacial score (nSPS) is 17.5. The number of nitrogens with one attached hydrogen (secondary N) is 1. The summed E-state index contributed by atoms with van der Waals surface area (Å²) in [6.45, 7) is 4.68. The van der Waals surface area contributed by atoms with Crippen LogP contribution in [0.4, 0.5) is 14.9 Å². The van der Waals surface area contributed by atoms with Crippen LogP contribution < -0.4 is 5.32 Å². The Labute approximate surface area is 148 Å². The van der Waals surface area contributed by atoms with Crippen molar-refractivity contribution in [2.75, 3.05) is 11.9 Å². The largest absolute Gasteiger partial charge is 0.359 e. The Morgan fingerprint density at radius 1 is 1.46 bits per heavy atom. The molecule has 0 saturated carbocycles. The van der Waals surface area contributed by atoms with Gasteiger partial charge in [-0.25, -0.2) is 9.18 Å². The fourth-order valence-electron chi connectivity index (χ4n) is 2.82. The fourth-order valence-corrected chi connectivity index (χ4v) is 3.15. The number of benzene rings is 1. The van der Waals surface area contributed by atoms with E-state index in [1.807, 2.05) is 19.9 Å². The molecular formula is C17H19BrFN3O2. The molecule has 7 heteroatoms. The summed E-state index contributed by atoms with van der Waals surface area (Å²) in [6, 6.07) is 5.95. The average Bonchev–Trinajstić information content (AvgIpc) is 3.17. The number of rotatable bonds is 3. The van der Waals surface area contributed by atoms with Crippen LogP contribution in [0.25, 0.3) is 0 Å². The third-order valence-corrected chi connectivity index (χ3v) is 4.65. The number of nitrogens with zero attached hydrogens (tertiary/aromatic N) is 2. The highest BCUT2D eigenvalue weighted by Gasteiger charge is 2.33. The molecule has 5 nitrogen and oxygen atoms in total. The Hall–Kier alpha value is -1.89. The lowest BCUT2D eigenvalue weighted by molar-refractivity contribution is 0.195. The zero-order valence-corrected chi connectivity index (χ0v) is 15.1. The van der Waals surface area contributed by atoms with Crippen molar-refractivity contribution in [3.8, 4) is 0 Å². The number of hydrogen-bond donors (Lipinski definition) is 1. The first-order valence-electron chi connectivity index (χ1n) is 7.95. The van der Waals surface area contributed by atoms with Gasteiger partial charge in [0.05, 0.1) is 17.4 Å². The van der Waals surface area contributed by atoms with E-state index in [0.717, 1.165) is 18.5 Å². The number of anilines is 1. The zero-order chi connectivity index (χ0) is 17.3. The Morgan fingerprint density at radius 3 is 2.92 bits per heavy atom. The summed E-state index contributed by atoms with van der Waals surface area (Å²) < 4.78 is 20.0. The monoisotopic (exact) mass is 395 g/mol. The Bertz CT molecular complexity index is 747. The lowest BCUT2D eigenvalue weighted by Gasteiger charge is -2.23. The topological polar surface area (TPSA) is 58.4 Å². The van der Waals surface area contributed by atoms with Gasteiger partial charge < -0.3 is 14.7 Å². The van der Waals surface area contributed by atoms with Gasteiger partial charge in [0.25, 0.3) is 0 Å². The fraction of sp³-hybridized carbons (Fsp3) is 0.412. The molecule has 0 aliphatic carbocycles. The molecule has 128 valence electrons. The first kappa shape index (κ1) is 17.0. The molecule has 24 heavy (non-hydrogen) atoms. The van der Waals surface area contributed by atoms with Crippen molar-refractivity contribution in [2.45, 2.75) is 38.6 Å². The van der Waals surface area contributed by atoms with Crippen LogP contribution in [0.1, 0.15) is 50.1 Å². The maximum Gasteiger partial charge on any atom is 0.322 e. The Morgan fingerprint density at radius 2 is 2.25 bits per heavy atom. The molecular weight excluding hydrogens is 377 g/mol. The lowest BCUT2D eigenvalue weighted by Crippen LogP contribution is -2.34. The van der Waals surface area contributed by atoms with Crippen LogP contribution >= 0.6 is 15.9 Å².